The van der Waals surface area contributed by atoms with Crippen LogP contribution in [0.25, 0.3) is 0 Å². The summed E-state index contributed by atoms with van der Waals surface area (Å²) in [5.41, 5.74) is 0.878. The van der Waals surface area contributed by atoms with Crippen LogP contribution in [-0.4, -0.2) is 16.8 Å². The van der Waals surface area contributed by atoms with Crippen molar-refractivity contribution in [2.75, 3.05) is 11.7 Å². The lowest BCUT2D eigenvalue weighted by atomic mass is 10.3. The minimum absolute atomic E-state index is 0.124. The monoisotopic (exact) mass is 217 g/mol. The van der Waals surface area contributed by atoms with Gasteiger partial charge in [-0.05, 0) is 24.3 Å². The molecule has 0 radical (unpaired) electrons. The van der Waals surface area contributed by atoms with Gasteiger partial charge in [-0.15, -0.1) is 0 Å². The van der Waals surface area contributed by atoms with Crippen LogP contribution in [0.2, 0.25) is 5.02 Å². The molecule has 1 atom stereocenters. The molecule has 13 heavy (non-hydrogen) atoms. The largest absolute Gasteiger partial charge is 0.385 e. The molecule has 0 aliphatic carbocycles. The first-order valence-electron chi connectivity index (χ1n) is 4.02. The number of aliphatic hydroxyl groups is 1. The Labute approximate surface area is 85.7 Å². The molecule has 1 aromatic rings. The average molecular weight is 218 g/mol. The topological polar surface area (TPSA) is 32.6 Å². The normalized spacial score (nSPS) is 13.2. The van der Waals surface area contributed by atoms with Gasteiger partial charge in [0.1, 0.15) is 0 Å². The summed E-state index contributed by atoms with van der Waals surface area (Å²) in [6.07, 6.45) is 0. The highest BCUT2D eigenvalue weighted by Gasteiger charge is 1.93. The molecule has 0 saturated heterocycles. The Balaban J connectivity index is 2.84. The van der Waals surface area contributed by atoms with Crippen LogP contribution in [0.1, 0.15) is 6.92 Å². The predicted octanol–water partition coefficient (Wildman–Crippen LogP) is 2.74. The van der Waals surface area contributed by atoms with E-state index in [0.717, 1.165) is 11.4 Å². The van der Waals surface area contributed by atoms with Crippen molar-refractivity contribution in [1.29, 1.82) is 0 Å². The summed E-state index contributed by atoms with van der Waals surface area (Å²) in [5.74, 6) is 0.998. The maximum atomic E-state index is 8.93. The molecule has 0 saturated carbocycles. The number of aliphatic hydroxyl groups excluding tert-OH is 1. The molecule has 1 rings (SSSR count). The van der Waals surface area contributed by atoms with E-state index in [1.807, 2.05) is 19.1 Å². The van der Waals surface area contributed by atoms with Crippen molar-refractivity contribution in [2.24, 2.45) is 4.36 Å². The van der Waals surface area contributed by atoms with Gasteiger partial charge in [0.25, 0.3) is 0 Å². The highest BCUT2D eigenvalue weighted by molar-refractivity contribution is 7.87. The fourth-order valence-electron chi connectivity index (χ4n) is 0.836. The predicted molar refractivity (Wildman–Crippen MR) is 58.5 cm³/mol. The minimum Gasteiger partial charge on any atom is -0.385 e. The standard InChI is InChI=1S/C9H12ClNOS/c1-2-13(7-12)11-9-5-3-8(10)4-6-9/h3-6,12H,2,7H2,1H3. The summed E-state index contributed by atoms with van der Waals surface area (Å²) >= 11 is 5.73. The number of rotatable bonds is 3. The first-order valence-corrected chi connectivity index (χ1v) is 5.92. The van der Waals surface area contributed by atoms with Crippen molar-refractivity contribution in [1.82, 2.24) is 0 Å². The average Bonchev–Trinajstić information content (AvgIpc) is 2.17. The molecule has 0 aromatic heterocycles. The molecule has 0 fully saturated rings. The summed E-state index contributed by atoms with van der Waals surface area (Å²) in [4.78, 5) is 0. The van der Waals surface area contributed by atoms with E-state index in [4.69, 9.17) is 16.7 Å². The summed E-state index contributed by atoms with van der Waals surface area (Å²) in [6, 6.07) is 7.31. The van der Waals surface area contributed by atoms with Crippen LogP contribution in [-0.2, 0) is 10.7 Å². The van der Waals surface area contributed by atoms with Crippen molar-refractivity contribution >= 4 is 28.0 Å². The Hall–Kier alpha value is -0.380. The molecule has 0 amide bonds. The van der Waals surface area contributed by atoms with Gasteiger partial charge in [0.15, 0.2) is 0 Å². The zero-order valence-electron chi connectivity index (χ0n) is 7.40. The van der Waals surface area contributed by atoms with Gasteiger partial charge in [-0.25, -0.2) is 4.36 Å². The van der Waals surface area contributed by atoms with Crippen LogP contribution in [0.4, 0.5) is 5.69 Å². The molecule has 1 N–H and O–H groups in total. The Morgan fingerprint density at radius 3 is 2.46 bits per heavy atom. The first kappa shape index (κ1) is 10.7. The van der Waals surface area contributed by atoms with Crippen LogP contribution in [0.5, 0.6) is 0 Å². The van der Waals surface area contributed by atoms with E-state index >= 15 is 0 Å². The highest BCUT2D eigenvalue weighted by Crippen LogP contribution is 2.17. The summed E-state index contributed by atoms with van der Waals surface area (Å²) in [7, 11) is -0.259. The Morgan fingerprint density at radius 1 is 1.38 bits per heavy atom. The third kappa shape index (κ3) is 3.46. The molecule has 4 heteroatoms. The van der Waals surface area contributed by atoms with Gasteiger partial charge < -0.3 is 5.11 Å². The van der Waals surface area contributed by atoms with Crippen molar-refractivity contribution in [3.8, 4) is 0 Å². The number of halogens is 1. The Bertz CT molecular complexity index is 291. The Morgan fingerprint density at radius 2 is 2.00 bits per heavy atom. The van der Waals surface area contributed by atoms with E-state index in [0.29, 0.717) is 5.02 Å². The minimum atomic E-state index is -0.259. The maximum Gasteiger partial charge on any atom is 0.0993 e. The smallest absolute Gasteiger partial charge is 0.0993 e. The molecular formula is C9H12ClNOS. The number of hydrogen-bond donors (Lipinski definition) is 1. The second-order valence-electron chi connectivity index (χ2n) is 2.45. The van der Waals surface area contributed by atoms with Crippen LogP contribution in [0.15, 0.2) is 28.6 Å². The van der Waals surface area contributed by atoms with Gasteiger partial charge in [0.2, 0.25) is 0 Å². The van der Waals surface area contributed by atoms with Gasteiger partial charge in [0.05, 0.1) is 11.6 Å². The van der Waals surface area contributed by atoms with E-state index in [-0.39, 0.29) is 16.6 Å². The van der Waals surface area contributed by atoms with Gasteiger partial charge in [-0.2, -0.15) is 0 Å². The molecular weight excluding hydrogens is 206 g/mol. The molecule has 0 spiro atoms. The fourth-order valence-corrected chi connectivity index (χ4v) is 1.75. The highest BCUT2D eigenvalue weighted by atomic mass is 35.5. The van der Waals surface area contributed by atoms with Crippen molar-refractivity contribution in [3.63, 3.8) is 0 Å². The van der Waals surface area contributed by atoms with Gasteiger partial charge in [0, 0.05) is 10.8 Å². The van der Waals surface area contributed by atoms with E-state index in [2.05, 4.69) is 4.36 Å². The number of benzene rings is 1. The molecule has 2 nitrogen and oxygen atoms in total. The number of nitrogens with zero attached hydrogens (tertiary/aromatic N) is 1. The molecule has 1 unspecified atom stereocenters. The first-order chi connectivity index (χ1) is 6.26. The maximum absolute atomic E-state index is 8.93. The summed E-state index contributed by atoms with van der Waals surface area (Å²) < 4.78 is 4.36. The van der Waals surface area contributed by atoms with E-state index in [1.165, 1.54) is 0 Å². The zero-order valence-corrected chi connectivity index (χ0v) is 8.98. The zero-order chi connectivity index (χ0) is 9.68. The van der Waals surface area contributed by atoms with E-state index in [1.54, 1.807) is 12.1 Å². The van der Waals surface area contributed by atoms with Crippen LogP contribution in [0.3, 0.4) is 0 Å². The lowest BCUT2D eigenvalue weighted by molar-refractivity contribution is 0.373. The van der Waals surface area contributed by atoms with Crippen molar-refractivity contribution in [2.45, 2.75) is 6.92 Å². The molecule has 0 bridgehead atoms. The third-order valence-electron chi connectivity index (χ3n) is 1.54. The van der Waals surface area contributed by atoms with Crippen molar-refractivity contribution < 1.29 is 5.11 Å². The summed E-state index contributed by atoms with van der Waals surface area (Å²) in [5, 5.41) is 9.64. The van der Waals surface area contributed by atoms with Crippen LogP contribution in [0, 0.1) is 0 Å². The van der Waals surface area contributed by atoms with Gasteiger partial charge in [-0.1, -0.05) is 29.2 Å². The van der Waals surface area contributed by atoms with Gasteiger partial charge >= 0.3 is 0 Å². The lowest BCUT2D eigenvalue weighted by Crippen LogP contribution is -1.96. The molecule has 0 aliphatic rings. The van der Waals surface area contributed by atoms with Crippen LogP contribution >= 0.6 is 11.6 Å². The quantitative estimate of drug-likeness (QED) is 0.830. The van der Waals surface area contributed by atoms with Crippen LogP contribution < -0.4 is 0 Å². The number of hydrogen-bond acceptors (Lipinski definition) is 2. The molecule has 0 aliphatic heterocycles. The SMILES string of the molecule is CCS(CO)=Nc1ccc(Cl)cc1. The second kappa shape index (κ2) is 5.37. The lowest BCUT2D eigenvalue weighted by Gasteiger charge is -2.00. The van der Waals surface area contributed by atoms with Gasteiger partial charge in [-0.3, -0.25) is 0 Å². The van der Waals surface area contributed by atoms with Crippen molar-refractivity contribution in [3.05, 3.63) is 29.3 Å². The molecule has 72 valence electrons. The van der Waals surface area contributed by atoms with E-state index in [9.17, 15) is 0 Å². The third-order valence-corrected chi connectivity index (χ3v) is 3.23. The molecule has 1 aromatic carbocycles. The van der Waals surface area contributed by atoms with E-state index < -0.39 is 0 Å². The Kier molecular flexibility index (Phi) is 4.42. The molecule has 0 heterocycles. The fraction of sp³-hybridized carbons (Fsp3) is 0.333. The second-order valence-corrected chi connectivity index (χ2v) is 4.83. The summed E-state index contributed by atoms with van der Waals surface area (Å²) in [6.45, 7) is 2.01.